The van der Waals surface area contributed by atoms with Crippen LogP contribution in [0.3, 0.4) is 0 Å². The number of carbonyl (C=O) groups excluding carboxylic acids is 1. The second kappa shape index (κ2) is 8.76. The highest BCUT2D eigenvalue weighted by Crippen LogP contribution is 2.04. The van der Waals surface area contributed by atoms with Crippen LogP contribution in [0.5, 0.6) is 0 Å². The largest absolute Gasteiger partial charge is 0.351 e. The first-order chi connectivity index (χ1) is 9.93. The van der Waals surface area contributed by atoms with E-state index in [0.717, 1.165) is 32.7 Å². The highest BCUT2D eigenvalue weighted by atomic mass is 19.3. The van der Waals surface area contributed by atoms with Crippen molar-refractivity contribution in [3.8, 4) is 0 Å². The fraction of sp³-hybridized carbons (Fsp3) is 0.846. The number of hydrogen-bond donors (Lipinski definition) is 1. The van der Waals surface area contributed by atoms with Gasteiger partial charge < -0.3 is 15.1 Å². The first-order valence-electron chi connectivity index (χ1n) is 7.10. The predicted octanol–water partition coefficient (Wildman–Crippen LogP) is -0.0772. The molecule has 1 N–H and O–H groups in total. The molecule has 1 fully saturated rings. The lowest BCUT2D eigenvalue weighted by atomic mass is 10.3. The first-order valence-corrected chi connectivity index (χ1v) is 7.10. The fourth-order valence-electron chi connectivity index (χ4n) is 2.16. The molecule has 1 aliphatic heterocycles. The summed E-state index contributed by atoms with van der Waals surface area (Å²) in [5.74, 6) is 0.631. The second-order valence-electron chi connectivity index (χ2n) is 5.19. The Hall–Kier alpha value is -1.44. The van der Waals surface area contributed by atoms with Crippen LogP contribution in [-0.4, -0.2) is 93.4 Å². The summed E-state index contributed by atoms with van der Waals surface area (Å²) < 4.78 is 24.4. The predicted molar refractivity (Wildman–Crippen MR) is 78.7 cm³/mol. The third-order valence-corrected chi connectivity index (χ3v) is 3.44. The Balaban J connectivity index is 2.32. The zero-order valence-corrected chi connectivity index (χ0v) is 13.0. The maximum Gasteiger partial charge on any atom is 0.255 e. The van der Waals surface area contributed by atoms with Crippen LogP contribution in [-0.2, 0) is 4.79 Å². The molecule has 0 aromatic rings. The van der Waals surface area contributed by atoms with Gasteiger partial charge in [0, 0.05) is 60.3 Å². The van der Waals surface area contributed by atoms with E-state index in [-0.39, 0.29) is 12.5 Å². The van der Waals surface area contributed by atoms with Gasteiger partial charge in [-0.05, 0) is 0 Å². The Morgan fingerprint density at radius 3 is 2.38 bits per heavy atom. The smallest absolute Gasteiger partial charge is 0.255 e. The number of amides is 1. The summed E-state index contributed by atoms with van der Waals surface area (Å²) in [4.78, 5) is 21.3. The van der Waals surface area contributed by atoms with E-state index in [2.05, 4.69) is 15.2 Å². The van der Waals surface area contributed by atoms with Gasteiger partial charge in [-0.3, -0.25) is 14.7 Å². The molecule has 8 heteroatoms. The number of carbonyl (C=O) groups is 1. The molecule has 6 nitrogen and oxygen atoms in total. The summed E-state index contributed by atoms with van der Waals surface area (Å²) >= 11 is 0. The van der Waals surface area contributed by atoms with E-state index in [1.54, 1.807) is 26.0 Å². The molecular weight excluding hydrogens is 280 g/mol. The fourth-order valence-corrected chi connectivity index (χ4v) is 2.16. The summed E-state index contributed by atoms with van der Waals surface area (Å²) in [5.41, 5.74) is 0. The number of alkyl halides is 2. The summed E-state index contributed by atoms with van der Waals surface area (Å²) in [6.07, 6.45) is -1.88. The van der Waals surface area contributed by atoms with Crippen LogP contribution in [0.4, 0.5) is 8.78 Å². The van der Waals surface area contributed by atoms with Crippen LogP contribution < -0.4 is 5.32 Å². The van der Waals surface area contributed by atoms with E-state index in [1.165, 1.54) is 0 Å². The molecule has 1 amide bonds. The summed E-state index contributed by atoms with van der Waals surface area (Å²) in [7, 11) is 5.09. The van der Waals surface area contributed by atoms with Crippen molar-refractivity contribution in [2.24, 2.45) is 4.99 Å². The van der Waals surface area contributed by atoms with E-state index in [4.69, 9.17) is 0 Å². The number of nitrogens with one attached hydrogen (secondary N) is 1. The van der Waals surface area contributed by atoms with E-state index in [1.807, 2.05) is 4.90 Å². The number of rotatable bonds is 5. The molecule has 0 aromatic carbocycles. The van der Waals surface area contributed by atoms with Crippen molar-refractivity contribution >= 4 is 11.9 Å². The van der Waals surface area contributed by atoms with Gasteiger partial charge in [-0.25, -0.2) is 8.78 Å². The maximum absolute atomic E-state index is 12.2. The Bertz CT molecular complexity index is 354. The number of piperazine rings is 1. The van der Waals surface area contributed by atoms with Crippen molar-refractivity contribution in [2.75, 3.05) is 60.4 Å². The number of nitrogens with zero attached hydrogens (tertiary/aromatic N) is 4. The zero-order valence-electron chi connectivity index (χ0n) is 13.0. The Kier molecular flexibility index (Phi) is 7.35. The molecule has 1 rings (SSSR count). The quantitative estimate of drug-likeness (QED) is 0.570. The number of hydrogen-bond acceptors (Lipinski definition) is 3. The molecule has 0 aromatic heterocycles. The van der Waals surface area contributed by atoms with Crippen LogP contribution in [0, 0.1) is 0 Å². The van der Waals surface area contributed by atoms with Crippen molar-refractivity contribution in [1.29, 1.82) is 0 Å². The van der Waals surface area contributed by atoms with Gasteiger partial charge in [0.15, 0.2) is 5.96 Å². The van der Waals surface area contributed by atoms with Gasteiger partial charge in [-0.1, -0.05) is 0 Å². The Morgan fingerprint density at radius 1 is 1.29 bits per heavy atom. The molecule has 0 saturated carbocycles. The molecule has 0 aliphatic carbocycles. The average Bonchev–Trinajstić information content (AvgIpc) is 2.46. The summed E-state index contributed by atoms with van der Waals surface area (Å²) in [6, 6.07) is 0. The van der Waals surface area contributed by atoms with Gasteiger partial charge in [0.1, 0.15) is 0 Å². The minimum absolute atomic E-state index is 0.117. The molecule has 1 saturated heterocycles. The van der Waals surface area contributed by atoms with Crippen LogP contribution in [0.15, 0.2) is 4.99 Å². The van der Waals surface area contributed by atoms with Crippen molar-refractivity contribution in [1.82, 2.24) is 20.0 Å². The molecule has 0 bridgehead atoms. The van der Waals surface area contributed by atoms with Gasteiger partial charge in [-0.15, -0.1) is 0 Å². The molecule has 0 atom stereocenters. The first kappa shape index (κ1) is 17.6. The molecule has 0 unspecified atom stereocenters. The van der Waals surface area contributed by atoms with Crippen LogP contribution in [0.2, 0.25) is 0 Å². The van der Waals surface area contributed by atoms with Crippen LogP contribution in [0.25, 0.3) is 0 Å². The van der Waals surface area contributed by atoms with E-state index >= 15 is 0 Å². The second-order valence-corrected chi connectivity index (χ2v) is 5.19. The highest BCUT2D eigenvalue weighted by Gasteiger charge is 2.20. The van der Waals surface area contributed by atoms with E-state index in [0.29, 0.717) is 12.4 Å². The highest BCUT2D eigenvalue weighted by molar-refractivity contribution is 5.80. The molecule has 0 spiro atoms. The minimum Gasteiger partial charge on any atom is -0.351 e. The van der Waals surface area contributed by atoms with Crippen molar-refractivity contribution in [2.45, 2.75) is 12.8 Å². The standard InChI is InChI=1S/C13H25F2N5O/c1-16-13(17-10-11(14)15)20-8-6-19(7-9-20)5-4-12(21)18(2)3/h11H,4-10H2,1-3H3,(H,16,17). The molecule has 0 radical (unpaired) electrons. The molecular formula is C13H25F2N5O. The molecule has 122 valence electrons. The third-order valence-electron chi connectivity index (χ3n) is 3.44. The van der Waals surface area contributed by atoms with Crippen molar-refractivity contribution in [3.05, 3.63) is 0 Å². The lowest BCUT2D eigenvalue weighted by Gasteiger charge is -2.36. The number of guanidine groups is 1. The molecule has 1 heterocycles. The summed E-state index contributed by atoms with van der Waals surface area (Å²) in [6.45, 7) is 3.39. The Labute approximate surface area is 124 Å². The normalized spacial score (nSPS) is 17.2. The van der Waals surface area contributed by atoms with Gasteiger partial charge in [0.25, 0.3) is 6.43 Å². The van der Waals surface area contributed by atoms with Crippen molar-refractivity contribution in [3.63, 3.8) is 0 Å². The monoisotopic (exact) mass is 305 g/mol. The third kappa shape index (κ3) is 6.24. The Morgan fingerprint density at radius 2 is 1.90 bits per heavy atom. The SMILES string of the molecule is CN=C(NCC(F)F)N1CCN(CCC(=O)N(C)C)CC1. The topological polar surface area (TPSA) is 51.2 Å². The average molecular weight is 305 g/mol. The van der Waals surface area contributed by atoms with Gasteiger partial charge in [-0.2, -0.15) is 0 Å². The van der Waals surface area contributed by atoms with Crippen molar-refractivity contribution < 1.29 is 13.6 Å². The van der Waals surface area contributed by atoms with Gasteiger partial charge in [0.2, 0.25) is 5.91 Å². The van der Waals surface area contributed by atoms with E-state index < -0.39 is 6.43 Å². The maximum atomic E-state index is 12.2. The lowest BCUT2D eigenvalue weighted by Crippen LogP contribution is -2.53. The van der Waals surface area contributed by atoms with Gasteiger partial charge in [0.05, 0.1) is 6.54 Å². The lowest BCUT2D eigenvalue weighted by molar-refractivity contribution is -0.129. The molecule has 1 aliphatic rings. The zero-order chi connectivity index (χ0) is 15.8. The van der Waals surface area contributed by atoms with Gasteiger partial charge >= 0.3 is 0 Å². The van der Waals surface area contributed by atoms with Crippen LogP contribution >= 0.6 is 0 Å². The molecule has 21 heavy (non-hydrogen) atoms. The minimum atomic E-state index is -2.39. The summed E-state index contributed by atoms with van der Waals surface area (Å²) in [5, 5.41) is 2.67. The van der Waals surface area contributed by atoms with Crippen LogP contribution in [0.1, 0.15) is 6.42 Å². The number of aliphatic imine (C=N–C) groups is 1. The van der Waals surface area contributed by atoms with E-state index in [9.17, 15) is 13.6 Å². The number of halogens is 2.